The Morgan fingerprint density at radius 3 is 2.80 bits per heavy atom. The molecule has 0 saturated heterocycles. The summed E-state index contributed by atoms with van der Waals surface area (Å²) in [5.41, 5.74) is 0.505. The molecule has 1 aromatic heterocycles. The predicted octanol–water partition coefficient (Wildman–Crippen LogP) is 3.28. The van der Waals surface area contributed by atoms with Crippen molar-refractivity contribution >= 4 is 28.3 Å². The molecule has 2 rings (SSSR count). The Bertz CT molecular complexity index is 701. The second-order valence-electron chi connectivity index (χ2n) is 6.03. The highest BCUT2D eigenvalue weighted by Crippen LogP contribution is 2.16. The normalized spacial score (nSPS) is 10.6. The van der Waals surface area contributed by atoms with Crippen molar-refractivity contribution in [2.24, 2.45) is 5.92 Å². The summed E-state index contributed by atoms with van der Waals surface area (Å²) in [7, 11) is 1.56. The van der Waals surface area contributed by atoms with Gasteiger partial charge >= 0.3 is 0 Å². The maximum absolute atomic E-state index is 12.8. The number of carbonyl (C=O) groups excluding carboxylic acids is 2. The van der Waals surface area contributed by atoms with Gasteiger partial charge in [0.2, 0.25) is 5.91 Å². The van der Waals surface area contributed by atoms with E-state index < -0.39 is 0 Å². The first-order chi connectivity index (χ1) is 12.0. The number of aromatic nitrogens is 1. The Hall–Kier alpha value is -2.41. The summed E-state index contributed by atoms with van der Waals surface area (Å²) >= 11 is 1.34. The minimum atomic E-state index is -0.255. The van der Waals surface area contributed by atoms with Gasteiger partial charge in [-0.1, -0.05) is 19.9 Å². The van der Waals surface area contributed by atoms with Crippen molar-refractivity contribution in [2.45, 2.75) is 20.3 Å². The van der Waals surface area contributed by atoms with Gasteiger partial charge < -0.3 is 15.0 Å². The molecular weight excluding hydrogens is 338 g/mol. The van der Waals surface area contributed by atoms with Crippen LogP contribution in [0.1, 0.15) is 30.6 Å². The average Bonchev–Trinajstić information content (AvgIpc) is 3.10. The third-order valence-electron chi connectivity index (χ3n) is 3.59. The molecule has 6 nitrogen and oxygen atoms in total. The molecule has 0 fully saturated rings. The lowest BCUT2D eigenvalue weighted by Gasteiger charge is -2.23. The first-order valence-corrected chi connectivity index (χ1v) is 9.00. The molecule has 0 bridgehead atoms. The van der Waals surface area contributed by atoms with Gasteiger partial charge in [0.05, 0.1) is 7.11 Å². The fourth-order valence-corrected chi connectivity index (χ4v) is 2.77. The number of nitrogens with one attached hydrogen (secondary N) is 1. The molecule has 0 aliphatic rings. The van der Waals surface area contributed by atoms with Gasteiger partial charge in [0.1, 0.15) is 12.3 Å². The van der Waals surface area contributed by atoms with Gasteiger partial charge in [0, 0.05) is 23.7 Å². The topological polar surface area (TPSA) is 71.5 Å². The van der Waals surface area contributed by atoms with E-state index in [0.717, 1.165) is 6.42 Å². The van der Waals surface area contributed by atoms with Crippen LogP contribution in [0.4, 0.5) is 5.13 Å². The summed E-state index contributed by atoms with van der Waals surface area (Å²) < 4.78 is 5.18. The number of hydrogen-bond acceptors (Lipinski definition) is 5. The van der Waals surface area contributed by atoms with Crippen molar-refractivity contribution in [3.63, 3.8) is 0 Å². The van der Waals surface area contributed by atoms with Gasteiger partial charge in [0.25, 0.3) is 5.91 Å². The van der Waals surface area contributed by atoms with E-state index >= 15 is 0 Å². The molecule has 0 unspecified atom stereocenters. The zero-order valence-electron chi connectivity index (χ0n) is 14.7. The SMILES string of the molecule is COc1cccc(C(=O)N(CCC(C)C)CC(=O)Nc2nccs2)c1. The van der Waals surface area contributed by atoms with E-state index in [0.29, 0.717) is 28.9 Å². The summed E-state index contributed by atoms with van der Waals surface area (Å²) in [5, 5.41) is 5.03. The van der Waals surface area contributed by atoms with Crippen LogP contribution < -0.4 is 10.1 Å². The maximum atomic E-state index is 12.8. The van der Waals surface area contributed by atoms with E-state index in [-0.39, 0.29) is 18.4 Å². The lowest BCUT2D eigenvalue weighted by Crippen LogP contribution is -2.39. The van der Waals surface area contributed by atoms with Crippen LogP contribution in [0, 0.1) is 5.92 Å². The van der Waals surface area contributed by atoms with Crippen LogP contribution in [0.25, 0.3) is 0 Å². The fourth-order valence-electron chi connectivity index (χ4n) is 2.22. The minimum Gasteiger partial charge on any atom is -0.497 e. The van der Waals surface area contributed by atoms with Gasteiger partial charge in [-0.2, -0.15) is 0 Å². The molecule has 7 heteroatoms. The molecule has 0 aliphatic heterocycles. The Morgan fingerprint density at radius 1 is 1.36 bits per heavy atom. The maximum Gasteiger partial charge on any atom is 0.254 e. The highest BCUT2D eigenvalue weighted by Gasteiger charge is 2.20. The molecule has 0 radical (unpaired) electrons. The number of benzene rings is 1. The second-order valence-corrected chi connectivity index (χ2v) is 6.92. The number of methoxy groups -OCH3 is 1. The van der Waals surface area contributed by atoms with Crippen LogP contribution in [0.5, 0.6) is 5.75 Å². The summed E-state index contributed by atoms with van der Waals surface area (Å²) in [5.74, 6) is 0.605. The largest absolute Gasteiger partial charge is 0.497 e. The summed E-state index contributed by atoms with van der Waals surface area (Å²) in [6.45, 7) is 4.68. The molecule has 0 spiro atoms. The molecule has 1 aromatic carbocycles. The molecular formula is C18H23N3O3S. The minimum absolute atomic E-state index is 0.0116. The zero-order chi connectivity index (χ0) is 18.2. The summed E-state index contributed by atoms with van der Waals surface area (Å²) in [4.78, 5) is 30.7. The number of amides is 2. The fraction of sp³-hybridized carbons (Fsp3) is 0.389. The Morgan fingerprint density at radius 2 is 2.16 bits per heavy atom. The first kappa shape index (κ1) is 18.9. The molecule has 0 saturated carbocycles. The monoisotopic (exact) mass is 361 g/mol. The lowest BCUT2D eigenvalue weighted by molar-refractivity contribution is -0.116. The first-order valence-electron chi connectivity index (χ1n) is 8.12. The lowest BCUT2D eigenvalue weighted by atomic mass is 10.1. The highest BCUT2D eigenvalue weighted by molar-refractivity contribution is 7.13. The number of nitrogens with zero attached hydrogens (tertiary/aromatic N) is 2. The standard InChI is InChI=1S/C18H23N3O3S/c1-13(2)7-9-21(12-16(22)20-18-19-8-10-25-18)17(23)14-5-4-6-15(11-14)24-3/h4-6,8,10-11,13H,7,9,12H2,1-3H3,(H,19,20,22). The predicted molar refractivity (Wildman–Crippen MR) is 99.1 cm³/mol. The Kier molecular flexibility index (Phi) is 6.94. The van der Waals surface area contributed by atoms with Crippen LogP contribution in [0.3, 0.4) is 0 Å². The number of carbonyl (C=O) groups is 2. The number of anilines is 1. The van der Waals surface area contributed by atoms with Crippen molar-refractivity contribution in [3.8, 4) is 5.75 Å². The smallest absolute Gasteiger partial charge is 0.254 e. The molecule has 1 N–H and O–H groups in total. The Balaban J connectivity index is 2.10. The van der Waals surface area contributed by atoms with Gasteiger partial charge in [-0.05, 0) is 30.5 Å². The van der Waals surface area contributed by atoms with E-state index in [2.05, 4.69) is 24.1 Å². The number of hydrogen-bond donors (Lipinski definition) is 1. The van der Waals surface area contributed by atoms with Crippen LogP contribution in [0.15, 0.2) is 35.8 Å². The van der Waals surface area contributed by atoms with Crippen molar-refractivity contribution in [3.05, 3.63) is 41.4 Å². The second kappa shape index (κ2) is 9.17. The van der Waals surface area contributed by atoms with Gasteiger partial charge in [-0.15, -0.1) is 11.3 Å². The van der Waals surface area contributed by atoms with Crippen molar-refractivity contribution in [2.75, 3.05) is 25.5 Å². The van der Waals surface area contributed by atoms with Crippen LogP contribution >= 0.6 is 11.3 Å². The highest BCUT2D eigenvalue weighted by atomic mass is 32.1. The van der Waals surface area contributed by atoms with Crippen LogP contribution in [-0.4, -0.2) is 41.9 Å². The van der Waals surface area contributed by atoms with E-state index in [4.69, 9.17) is 4.74 Å². The quantitative estimate of drug-likeness (QED) is 0.783. The van der Waals surface area contributed by atoms with Crippen molar-refractivity contribution < 1.29 is 14.3 Å². The Labute approximate surface area is 151 Å². The molecule has 1 heterocycles. The molecule has 2 amide bonds. The summed E-state index contributed by atoms with van der Waals surface area (Å²) in [6, 6.07) is 6.96. The van der Waals surface area contributed by atoms with E-state index in [9.17, 15) is 9.59 Å². The van der Waals surface area contributed by atoms with E-state index in [1.54, 1.807) is 47.9 Å². The number of rotatable bonds is 8. The van der Waals surface area contributed by atoms with Gasteiger partial charge in [-0.25, -0.2) is 4.98 Å². The zero-order valence-corrected chi connectivity index (χ0v) is 15.5. The molecule has 134 valence electrons. The molecule has 0 atom stereocenters. The van der Waals surface area contributed by atoms with Crippen LogP contribution in [-0.2, 0) is 4.79 Å². The van der Waals surface area contributed by atoms with Gasteiger partial charge in [0.15, 0.2) is 5.13 Å². The molecule has 2 aromatic rings. The third-order valence-corrected chi connectivity index (χ3v) is 4.28. The number of thiazole rings is 1. The number of ether oxygens (including phenoxy) is 1. The van der Waals surface area contributed by atoms with Crippen molar-refractivity contribution in [1.29, 1.82) is 0 Å². The molecule has 0 aliphatic carbocycles. The van der Waals surface area contributed by atoms with Gasteiger partial charge in [-0.3, -0.25) is 9.59 Å². The van der Waals surface area contributed by atoms with Crippen molar-refractivity contribution in [1.82, 2.24) is 9.88 Å². The van der Waals surface area contributed by atoms with Crippen LogP contribution in [0.2, 0.25) is 0 Å². The average molecular weight is 361 g/mol. The van der Waals surface area contributed by atoms with E-state index in [1.165, 1.54) is 11.3 Å². The van der Waals surface area contributed by atoms with E-state index in [1.807, 2.05) is 0 Å². The molecule has 25 heavy (non-hydrogen) atoms. The summed E-state index contributed by atoms with van der Waals surface area (Å²) in [6.07, 6.45) is 2.44. The third kappa shape index (κ3) is 5.86.